The molecule has 0 saturated carbocycles. The highest BCUT2D eigenvalue weighted by molar-refractivity contribution is 5.88. The standard InChI is InChI=1S/C18H21N5O/c1-4-21(5-2)17-14(13-9-7-6-8-10-13)15-16-19-11-12-22(16)18(24)23(17)20(15)3/h6-12,15H,4-5H2,1-3H3. The van der Waals surface area contributed by atoms with Crippen molar-refractivity contribution in [2.75, 3.05) is 20.1 Å². The van der Waals surface area contributed by atoms with E-state index in [1.54, 1.807) is 22.0 Å². The van der Waals surface area contributed by atoms with Crippen LogP contribution in [0.4, 0.5) is 4.79 Å². The highest BCUT2D eigenvalue weighted by Gasteiger charge is 2.49. The molecule has 6 heteroatoms. The lowest BCUT2D eigenvalue weighted by molar-refractivity contribution is 0.0288. The quantitative estimate of drug-likeness (QED) is 0.868. The molecule has 1 aromatic heterocycles. The normalized spacial score (nSPS) is 19.9. The zero-order chi connectivity index (χ0) is 16.8. The van der Waals surface area contributed by atoms with Crippen molar-refractivity contribution in [2.24, 2.45) is 0 Å². The molecule has 0 N–H and O–H groups in total. The molecule has 1 amide bonds. The van der Waals surface area contributed by atoms with Crippen molar-refractivity contribution in [3.05, 3.63) is 59.9 Å². The molecule has 24 heavy (non-hydrogen) atoms. The molecule has 3 heterocycles. The average Bonchev–Trinajstić information content (AvgIpc) is 3.17. The van der Waals surface area contributed by atoms with Crippen molar-refractivity contribution >= 4 is 11.6 Å². The van der Waals surface area contributed by atoms with Gasteiger partial charge < -0.3 is 4.90 Å². The molecule has 0 saturated heterocycles. The van der Waals surface area contributed by atoms with Crippen LogP contribution in [0, 0.1) is 0 Å². The predicted molar refractivity (Wildman–Crippen MR) is 91.6 cm³/mol. The van der Waals surface area contributed by atoms with Gasteiger partial charge in [-0.05, 0) is 19.4 Å². The molecular formula is C18H21N5O. The summed E-state index contributed by atoms with van der Waals surface area (Å²) in [5.41, 5.74) is 2.27. The maximum absolute atomic E-state index is 13.0. The largest absolute Gasteiger partial charge is 0.357 e. The van der Waals surface area contributed by atoms with Crippen LogP contribution < -0.4 is 0 Å². The van der Waals surface area contributed by atoms with Crippen LogP contribution >= 0.6 is 0 Å². The summed E-state index contributed by atoms with van der Waals surface area (Å²) in [6, 6.07) is 10.2. The molecule has 2 bridgehead atoms. The Labute approximate surface area is 141 Å². The Morgan fingerprint density at radius 3 is 2.54 bits per heavy atom. The van der Waals surface area contributed by atoms with Crippen LogP contribution in [0.2, 0.25) is 0 Å². The van der Waals surface area contributed by atoms with E-state index in [9.17, 15) is 4.79 Å². The molecular weight excluding hydrogens is 302 g/mol. The SMILES string of the molecule is CCN(CC)C1=C(c2ccccc2)C2c3nccn3C(=O)N1N2C. The van der Waals surface area contributed by atoms with Gasteiger partial charge in [-0.2, -0.15) is 5.01 Å². The monoisotopic (exact) mass is 323 g/mol. The molecule has 1 aromatic carbocycles. The van der Waals surface area contributed by atoms with E-state index < -0.39 is 0 Å². The third-order valence-corrected chi connectivity index (χ3v) is 4.85. The minimum Gasteiger partial charge on any atom is -0.357 e. The molecule has 0 aliphatic carbocycles. The minimum atomic E-state index is -0.0749. The Kier molecular flexibility index (Phi) is 3.42. The summed E-state index contributed by atoms with van der Waals surface area (Å²) >= 11 is 0. The second-order valence-electron chi connectivity index (χ2n) is 6.00. The number of fused-ring (bicyclic) bond motifs is 4. The molecule has 0 radical (unpaired) electrons. The van der Waals surface area contributed by atoms with Crippen molar-refractivity contribution in [1.29, 1.82) is 0 Å². The lowest BCUT2D eigenvalue weighted by Gasteiger charge is -2.37. The van der Waals surface area contributed by atoms with E-state index in [0.717, 1.165) is 35.9 Å². The highest BCUT2D eigenvalue weighted by atomic mass is 16.2. The van der Waals surface area contributed by atoms with E-state index in [4.69, 9.17) is 0 Å². The fraction of sp³-hybridized carbons (Fsp3) is 0.333. The lowest BCUT2D eigenvalue weighted by Crippen LogP contribution is -2.50. The Bertz CT molecular complexity index is 806. The van der Waals surface area contributed by atoms with E-state index in [-0.39, 0.29) is 12.1 Å². The predicted octanol–water partition coefficient (Wildman–Crippen LogP) is 2.78. The van der Waals surface area contributed by atoms with E-state index in [1.165, 1.54) is 0 Å². The molecule has 2 aromatic rings. The Hall–Kier alpha value is -2.60. The minimum absolute atomic E-state index is 0.0595. The van der Waals surface area contributed by atoms with Crippen molar-refractivity contribution in [2.45, 2.75) is 19.9 Å². The summed E-state index contributed by atoms with van der Waals surface area (Å²) in [5.74, 6) is 1.74. The van der Waals surface area contributed by atoms with Gasteiger partial charge in [-0.3, -0.25) is 4.57 Å². The Morgan fingerprint density at radius 2 is 1.88 bits per heavy atom. The number of amides is 1. The fourth-order valence-corrected chi connectivity index (χ4v) is 3.72. The zero-order valence-corrected chi connectivity index (χ0v) is 14.2. The number of hydrogen-bond donors (Lipinski definition) is 0. The van der Waals surface area contributed by atoms with Crippen molar-refractivity contribution in [3.8, 4) is 0 Å². The van der Waals surface area contributed by atoms with E-state index in [1.807, 2.05) is 30.3 Å². The fourth-order valence-electron chi connectivity index (χ4n) is 3.72. The van der Waals surface area contributed by atoms with Gasteiger partial charge in [0.05, 0.1) is 0 Å². The third-order valence-electron chi connectivity index (χ3n) is 4.85. The lowest BCUT2D eigenvalue weighted by atomic mass is 9.98. The Morgan fingerprint density at radius 1 is 1.17 bits per heavy atom. The van der Waals surface area contributed by atoms with Crippen LogP contribution in [-0.2, 0) is 0 Å². The number of hydrogen-bond acceptors (Lipinski definition) is 4. The number of carbonyl (C=O) groups excluding carboxylic acids is 1. The molecule has 2 aliphatic heterocycles. The van der Waals surface area contributed by atoms with Crippen molar-refractivity contribution in [1.82, 2.24) is 24.5 Å². The number of aromatic nitrogens is 2. The third kappa shape index (κ3) is 1.86. The summed E-state index contributed by atoms with van der Waals surface area (Å²) < 4.78 is 1.66. The van der Waals surface area contributed by atoms with Crippen LogP contribution in [0.15, 0.2) is 48.5 Å². The van der Waals surface area contributed by atoms with E-state index in [2.05, 4.69) is 35.9 Å². The second kappa shape index (κ2) is 5.49. The van der Waals surface area contributed by atoms with Crippen LogP contribution in [0.1, 0.15) is 31.3 Å². The van der Waals surface area contributed by atoms with Crippen LogP contribution in [0.5, 0.6) is 0 Å². The molecule has 124 valence electrons. The van der Waals surface area contributed by atoms with Gasteiger partial charge >= 0.3 is 6.03 Å². The number of carbonyl (C=O) groups is 1. The second-order valence-corrected chi connectivity index (χ2v) is 6.00. The van der Waals surface area contributed by atoms with Gasteiger partial charge in [-0.1, -0.05) is 30.3 Å². The van der Waals surface area contributed by atoms with Gasteiger partial charge in [0.2, 0.25) is 0 Å². The smallest absolute Gasteiger partial charge is 0.350 e. The topological polar surface area (TPSA) is 44.6 Å². The molecule has 6 nitrogen and oxygen atoms in total. The van der Waals surface area contributed by atoms with Crippen molar-refractivity contribution < 1.29 is 4.79 Å². The summed E-state index contributed by atoms with van der Waals surface area (Å²) in [6.45, 7) is 5.92. The molecule has 1 unspecified atom stereocenters. The highest BCUT2D eigenvalue weighted by Crippen LogP contribution is 2.47. The number of hydrazine groups is 1. The van der Waals surface area contributed by atoms with Gasteiger partial charge in [0.15, 0.2) is 0 Å². The van der Waals surface area contributed by atoms with Gasteiger partial charge in [0.1, 0.15) is 17.7 Å². The first kappa shape index (κ1) is 15.0. The number of likely N-dealkylation sites (N-methyl/N-ethyl adjacent to an activating group) is 1. The number of imidazole rings is 1. The van der Waals surface area contributed by atoms with Crippen LogP contribution in [0.3, 0.4) is 0 Å². The number of benzene rings is 1. The molecule has 4 rings (SSSR count). The first-order valence-corrected chi connectivity index (χ1v) is 8.34. The summed E-state index contributed by atoms with van der Waals surface area (Å²) in [7, 11) is 1.96. The maximum Gasteiger partial charge on any atom is 0.350 e. The molecule has 2 aliphatic rings. The molecule has 0 fully saturated rings. The van der Waals surface area contributed by atoms with Gasteiger partial charge in [0, 0.05) is 38.1 Å². The summed E-state index contributed by atoms with van der Waals surface area (Å²) in [4.78, 5) is 19.7. The first-order valence-electron chi connectivity index (χ1n) is 8.34. The number of rotatable bonds is 4. The van der Waals surface area contributed by atoms with Gasteiger partial charge in [-0.15, -0.1) is 0 Å². The number of nitrogens with zero attached hydrogens (tertiary/aromatic N) is 5. The first-order chi connectivity index (χ1) is 11.7. The van der Waals surface area contributed by atoms with Crippen molar-refractivity contribution in [3.63, 3.8) is 0 Å². The molecule has 0 spiro atoms. The van der Waals surface area contributed by atoms with Crippen LogP contribution in [-0.4, -0.2) is 50.6 Å². The summed E-state index contributed by atoms with van der Waals surface area (Å²) in [6.07, 6.45) is 3.45. The van der Waals surface area contributed by atoms with Gasteiger partial charge in [-0.25, -0.2) is 14.8 Å². The van der Waals surface area contributed by atoms with E-state index in [0.29, 0.717) is 0 Å². The average molecular weight is 323 g/mol. The van der Waals surface area contributed by atoms with E-state index >= 15 is 0 Å². The van der Waals surface area contributed by atoms with Crippen LogP contribution in [0.25, 0.3) is 5.57 Å². The maximum atomic E-state index is 13.0. The Balaban J connectivity index is 2.00. The zero-order valence-electron chi connectivity index (χ0n) is 14.2. The summed E-state index contributed by atoms with van der Waals surface area (Å²) in [5, 5.41) is 3.79. The molecule has 1 atom stereocenters. The van der Waals surface area contributed by atoms with Gasteiger partial charge in [0.25, 0.3) is 0 Å².